The van der Waals surface area contributed by atoms with Crippen molar-refractivity contribution in [2.45, 2.75) is 39.7 Å². The third-order valence-corrected chi connectivity index (χ3v) is 3.32. The maximum Gasteiger partial charge on any atom is 0.307 e. The van der Waals surface area contributed by atoms with E-state index in [2.05, 4.69) is 0 Å². The smallest absolute Gasteiger partial charge is 0.307 e. The number of esters is 1. The molecule has 1 unspecified atom stereocenters. The van der Waals surface area contributed by atoms with Gasteiger partial charge in [0.2, 0.25) is 5.91 Å². The molecule has 6 nitrogen and oxygen atoms in total. The highest BCUT2D eigenvalue weighted by Gasteiger charge is 2.17. The highest BCUT2D eigenvalue weighted by molar-refractivity contribution is 5.79. The highest BCUT2D eigenvalue weighted by Crippen LogP contribution is 2.13. The van der Waals surface area contributed by atoms with E-state index >= 15 is 0 Å². The Morgan fingerprint density at radius 2 is 1.83 bits per heavy atom. The number of aliphatic hydroxyl groups is 1. The van der Waals surface area contributed by atoms with Crippen molar-refractivity contribution in [1.29, 1.82) is 0 Å². The van der Waals surface area contributed by atoms with Crippen LogP contribution in [0.4, 0.5) is 0 Å². The minimum Gasteiger partial charge on any atom is -0.494 e. The lowest BCUT2D eigenvalue weighted by molar-refractivity contribution is -0.144. The summed E-state index contributed by atoms with van der Waals surface area (Å²) in [6, 6.07) is 7.33. The van der Waals surface area contributed by atoms with Crippen LogP contribution in [0.15, 0.2) is 24.3 Å². The monoisotopic (exact) mass is 337 g/mol. The lowest BCUT2D eigenvalue weighted by Gasteiger charge is -2.24. The van der Waals surface area contributed by atoms with E-state index in [1.54, 1.807) is 13.8 Å². The second-order valence-corrected chi connectivity index (χ2v) is 5.50. The molecule has 1 atom stereocenters. The highest BCUT2D eigenvalue weighted by atomic mass is 16.5. The first-order valence-electron chi connectivity index (χ1n) is 8.29. The average Bonchev–Trinajstić information content (AvgIpc) is 2.53. The van der Waals surface area contributed by atoms with Crippen LogP contribution in [-0.2, 0) is 20.7 Å². The van der Waals surface area contributed by atoms with Crippen LogP contribution in [0.5, 0.6) is 5.75 Å². The summed E-state index contributed by atoms with van der Waals surface area (Å²) in [4.78, 5) is 25.4. The SMILES string of the molecule is CCOC(=O)CCN(CC(C)O)C(=O)Cc1ccc(OCC)cc1. The summed E-state index contributed by atoms with van der Waals surface area (Å²) in [6.07, 6.45) is -0.325. The summed E-state index contributed by atoms with van der Waals surface area (Å²) < 4.78 is 10.3. The topological polar surface area (TPSA) is 76.1 Å². The number of rotatable bonds is 10. The molecule has 24 heavy (non-hydrogen) atoms. The van der Waals surface area contributed by atoms with Crippen molar-refractivity contribution < 1.29 is 24.2 Å². The van der Waals surface area contributed by atoms with Gasteiger partial charge in [-0.25, -0.2) is 0 Å². The normalized spacial score (nSPS) is 11.7. The molecule has 0 aromatic heterocycles. The molecule has 0 bridgehead atoms. The Kier molecular flexibility index (Phi) is 8.86. The lowest BCUT2D eigenvalue weighted by Crippen LogP contribution is -2.39. The van der Waals surface area contributed by atoms with Crippen LogP contribution in [0.25, 0.3) is 0 Å². The number of carbonyl (C=O) groups excluding carboxylic acids is 2. The van der Waals surface area contributed by atoms with Gasteiger partial charge in [-0.05, 0) is 38.5 Å². The van der Waals surface area contributed by atoms with Gasteiger partial charge in [0.25, 0.3) is 0 Å². The number of hydrogen-bond donors (Lipinski definition) is 1. The summed E-state index contributed by atoms with van der Waals surface area (Å²) >= 11 is 0. The summed E-state index contributed by atoms with van der Waals surface area (Å²) in [5.74, 6) is 0.281. The molecular weight excluding hydrogens is 310 g/mol. The molecule has 0 aliphatic carbocycles. The van der Waals surface area contributed by atoms with Crippen LogP contribution in [0, 0.1) is 0 Å². The third-order valence-electron chi connectivity index (χ3n) is 3.32. The molecule has 0 aliphatic rings. The summed E-state index contributed by atoms with van der Waals surface area (Å²) in [6.45, 7) is 6.59. The van der Waals surface area contributed by atoms with Crippen molar-refractivity contribution in [1.82, 2.24) is 4.90 Å². The van der Waals surface area contributed by atoms with Crippen LogP contribution in [0.3, 0.4) is 0 Å². The molecule has 0 saturated heterocycles. The molecule has 1 aromatic rings. The molecule has 134 valence electrons. The van der Waals surface area contributed by atoms with Gasteiger partial charge >= 0.3 is 5.97 Å². The van der Waals surface area contributed by atoms with E-state index in [1.165, 1.54) is 4.90 Å². The zero-order chi connectivity index (χ0) is 17.9. The Morgan fingerprint density at radius 1 is 1.17 bits per heavy atom. The van der Waals surface area contributed by atoms with Crippen molar-refractivity contribution in [2.24, 2.45) is 0 Å². The molecule has 0 aliphatic heterocycles. The number of nitrogens with zero attached hydrogens (tertiary/aromatic N) is 1. The Balaban J connectivity index is 2.64. The van der Waals surface area contributed by atoms with E-state index < -0.39 is 6.10 Å². The Morgan fingerprint density at radius 3 is 2.38 bits per heavy atom. The van der Waals surface area contributed by atoms with E-state index in [-0.39, 0.29) is 37.8 Å². The van der Waals surface area contributed by atoms with Gasteiger partial charge in [0.1, 0.15) is 5.75 Å². The predicted molar refractivity (Wildman–Crippen MR) is 90.8 cm³/mol. The Hall–Kier alpha value is -2.08. The fourth-order valence-electron chi connectivity index (χ4n) is 2.25. The zero-order valence-corrected chi connectivity index (χ0v) is 14.7. The van der Waals surface area contributed by atoms with Crippen LogP contribution in [0.2, 0.25) is 0 Å². The first-order valence-corrected chi connectivity index (χ1v) is 8.29. The average molecular weight is 337 g/mol. The van der Waals surface area contributed by atoms with Gasteiger partial charge in [-0.1, -0.05) is 12.1 Å². The molecule has 0 heterocycles. The molecule has 6 heteroatoms. The number of ether oxygens (including phenoxy) is 2. The van der Waals surface area contributed by atoms with Crippen LogP contribution in [0.1, 0.15) is 32.8 Å². The van der Waals surface area contributed by atoms with Crippen molar-refractivity contribution in [2.75, 3.05) is 26.3 Å². The fraction of sp³-hybridized carbons (Fsp3) is 0.556. The van der Waals surface area contributed by atoms with Gasteiger partial charge < -0.3 is 19.5 Å². The molecule has 1 rings (SSSR count). The van der Waals surface area contributed by atoms with Crippen molar-refractivity contribution in [3.05, 3.63) is 29.8 Å². The summed E-state index contributed by atoms with van der Waals surface area (Å²) in [5, 5.41) is 9.58. The van der Waals surface area contributed by atoms with Crippen LogP contribution < -0.4 is 4.74 Å². The predicted octanol–water partition coefficient (Wildman–Crippen LogP) is 1.79. The maximum absolute atomic E-state index is 12.5. The molecule has 0 radical (unpaired) electrons. The van der Waals surface area contributed by atoms with Gasteiger partial charge in [-0.15, -0.1) is 0 Å². The van der Waals surface area contributed by atoms with Gasteiger partial charge in [-0.3, -0.25) is 9.59 Å². The Labute approximate surface area is 143 Å². The number of aliphatic hydroxyl groups excluding tert-OH is 1. The van der Waals surface area contributed by atoms with Crippen LogP contribution >= 0.6 is 0 Å². The minimum atomic E-state index is -0.656. The second-order valence-electron chi connectivity index (χ2n) is 5.50. The molecule has 1 amide bonds. The first kappa shape index (κ1) is 20.0. The van der Waals surface area contributed by atoms with Crippen molar-refractivity contribution >= 4 is 11.9 Å². The third kappa shape index (κ3) is 7.46. The largest absolute Gasteiger partial charge is 0.494 e. The number of benzene rings is 1. The number of hydrogen-bond acceptors (Lipinski definition) is 5. The second kappa shape index (κ2) is 10.6. The quantitative estimate of drug-likeness (QED) is 0.659. The molecule has 0 spiro atoms. The summed E-state index contributed by atoms with van der Waals surface area (Å²) in [7, 11) is 0. The van der Waals surface area contributed by atoms with Crippen LogP contribution in [-0.4, -0.2) is 54.3 Å². The van der Waals surface area contributed by atoms with E-state index in [0.29, 0.717) is 13.2 Å². The van der Waals surface area contributed by atoms with E-state index in [4.69, 9.17) is 9.47 Å². The van der Waals surface area contributed by atoms with E-state index in [9.17, 15) is 14.7 Å². The van der Waals surface area contributed by atoms with Gasteiger partial charge in [0.05, 0.1) is 32.2 Å². The minimum absolute atomic E-state index is 0.121. The molecular formula is C18H27NO5. The summed E-state index contributed by atoms with van der Waals surface area (Å²) in [5.41, 5.74) is 0.857. The standard InChI is InChI=1S/C18H27NO5/c1-4-23-16-8-6-15(7-9-16)12-17(21)19(13-14(3)20)11-10-18(22)24-5-2/h6-9,14,20H,4-5,10-13H2,1-3H3. The van der Waals surface area contributed by atoms with E-state index in [0.717, 1.165) is 11.3 Å². The molecule has 1 N–H and O–H groups in total. The van der Waals surface area contributed by atoms with Gasteiger partial charge in [0, 0.05) is 13.1 Å². The van der Waals surface area contributed by atoms with Crippen molar-refractivity contribution in [3.63, 3.8) is 0 Å². The lowest BCUT2D eigenvalue weighted by atomic mass is 10.1. The van der Waals surface area contributed by atoms with E-state index in [1.807, 2.05) is 31.2 Å². The van der Waals surface area contributed by atoms with Crippen molar-refractivity contribution in [3.8, 4) is 5.75 Å². The number of amides is 1. The molecule has 0 fully saturated rings. The molecule has 0 saturated carbocycles. The number of carbonyl (C=O) groups is 2. The maximum atomic E-state index is 12.5. The first-order chi connectivity index (χ1) is 11.5. The Bertz CT molecular complexity index is 513. The fourth-order valence-corrected chi connectivity index (χ4v) is 2.25. The zero-order valence-electron chi connectivity index (χ0n) is 14.7. The van der Waals surface area contributed by atoms with Gasteiger partial charge in [-0.2, -0.15) is 0 Å². The van der Waals surface area contributed by atoms with Gasteiger partial charge in [0.15, 0.2) is 0 Å². The molecule has 1 aromatic carbocycles.